The second-order valence-electron chi connectivity index (χ2n) is 6.30. The van der Waals surface area contributed by atoms with Gasteiger partial charge in [0.1, 0.15) is 11.7 Å². The van der Waals surface area contributed by atoms with E-state index in [0.717, 1.165) is 5.56 Å². The van der Waals surface area contributed by atoms with Crippen LogP contribution in [-0.4, -0.2) is 34.8 Å². The van der Waals surface area contributed by atoms with Crippen molar-refractivity contribution in [2.75, 3.05) is 17.3 Å². The lowest BCUT2D eigenvalue weighted by Gasteiger charge is -2.18. The van der Waals surface area contributed by atoms with E-state index in [0.29, 0.717) is 23.6 Å². The summed E-state index contributed by atoms with van der Waals surface area (Å²) < 4.78 is 38.6. The third kappa shape index (κ3) is 6.38. The van der Waals surface area contributed by atoms with Crippen LogP contribution in [0.2, 0.25) is 0 Å². The van der Waals surface area contributed by atoms with Crippen molar-refractivity contribution < 1.29 is 22.8 Å². The van der Waals surface area contributed by atoms with Gasteiger partial charge in [-0.2, -0.15) is 24.9 Å². The Hall–Kier alpha value is -2.75. The largest absolute Gasteiger partial charge is 0.417 e. The number of aromatic nitrogens is 1. The molecule has 1 unspecified atom stereocenters. The van der Waals surface area contributed by atoms with Gasteiger partial charge in [-0.05, 0) is 43.6 Å². The molecule has 0 aliphatic carbocycles. The Morgan fingerprint density at radius 1 is 1.24 bits per heavy atom. The lowest BCUT2D eigenvalue weighted by atomic mass is 10.1. The topological polar surface area (TPSA) is 91.1 Å². The van der Waals surface area contributed by atoms with E-state index in [2.05, 4.69) is 10.6 Å². The molecule has 29 heavy (non-hydrogen) atoms. The van der Waals surface area contributed by atoms with Gasteiger partial charge in [-0.1, -0.05) is 17.7 Å². The summed E-state index contributed by atoms with van der Waals surface area (Å²) in [5.41, 5.74) is -1.30. The monoisotopic (exact) mass is 427 g/mol. The van der Waals surface area contributed by atoms with Crippen molar-refractivity contribution >= 4 is 29.3 Å². The summed E-state index contributed by atoms with van der Waals surface area (Å²) in [5.74, 6) is -0.747. The summed E-state index contributed by atoms with van der Waals surface area (Å²) in [6.07, 6.45) is -2.10. The Labute approximate surface area is 169 Å². The van der Waals surface area contributed by atoms with Crippen LogP contribution in [0.1, 0.15) is 27.9 Å². The number of hydrogen-bond donors (Lipinski definition) is 3. The molecule has 1 aromatic heterocycles. The standard InChI is InChI=1S/C19H20F3N3O3S/c1-11-4-3-5-12(8-11)16(26)24-14(6-7-29-2)18(28)25-15-9-13(19(20,21)22)10-23-17(15)27/h3-5,8-10,14H,6-7H2,1-2H3,(H,23,27)(H,24,26)(H,25,28). The van der Waals surface area contributed by atoms with Gasteiger partial charge in [-0.25, -0.2) is 0 Å². The van der Waals surface area contributed by atoms with Crippen LogP contribution >= 0.6 is 11.8 Å². The highest BCUT2D eigenvalue weighted by Crippen LogP contribution is 2.29. The summed E-state index contributed by atoms with van der Waals surface area (Å²) in [6, 6.07) is 6.28. The lowest BCUT2D eigenvalue weighted by molar-refractivity contribution is -0.137. The van der Waals surface area contributed by atoms with Crippen LogP contribution in [0, 0.1) is 6.92 Å². The van der Waals surface area contributed by atoms with E-state index in [1.807, 2.05) is 24.2 Å². The molecule has 0 saturated heterocycles. The van der Waals surface area contributed by atoms with Crippen LogP contribution in [0.3, 0.4) is 0 Å². The first-order chi connectivity index (χ1) is 13.6. The minimum Gasteiger partial charge on any atom is -0.340 e. The zero-order valence-corrected chi connectivity index (χ0v) is 16.5. The second kappa shape index (κ2) is 9.64. The third-order valence-corrected chi connectivity index (χ3v) is 4.65. The maximum atomic E-state index is 12.9. The number of hydrogen-bond acceptors (Lipinski definition) is 4. The molecule has 3 N–H and O–H groups in total. The number of amides is 2. The molecular formula is C19H20F3N3O3S. The molecule has 1 atom stereocenters. The molecule has 0 aliphatic heterocycles. The number of carbonyl (C=O) groups excluding carboxylic acids is 2. The van der Waals surface area contributed by atoms with Crippen molar-refractivity contribution in [3.05, 3.63) is 63.6 Å². The molecule has 1 aromatic carbocycles. The molecule has 0 radical (unpaired) electrons. The van der Waals surface area contributed by atoms with Gasteiger partial charge in [0.15, 0.2) is 0 Å². The summed E-state index contributed by atoms with van der Waals surface area (Å²) in [6.45, 7) is 1.81. The van der Waals surface area contributed by atoms with Crippen LogP contribution in [0.5, 0.6) is 0 Å². The molecule has 2 amide bonds. The fourth-order valence-electron chi connectivity index (χ4n) is 2.49. The minimum atomic E-state index is -4.68. The molecule has 2 aromatic rings. The van der Waals surface area contributed by atoms with Crippen molar-refractivity contribution in [1.82, 2.24) is 10.3 Å². The minimum absolute atomic E-state index is 0.238. The quantitative estimate of drug-likeness (QED) is 0.633. The number of carbonyl (C=O) groups is 2. The van der Waals surface area contributed by atoms with Gasteiger partial charge < -0.3 is 15.6 Å². The number of halogens is 3. The number of rotatable bonds is 7. The Kier molecular flexibility index (Phi) is 7.49. The second-order valence-corrected chi connectivity index (χ2v) is 7.28. The highest BCUT2D eigenvalue weighted by Gasteiger charge is 2.32. The molecule has 10 heteroatoms. The molecule has 0 fully saturated rings. The normalized spacial score (nSPS) is 12.3. The van der Waals surface area contributed by atoms with Gasteiger partial charge in [0.05, 0.1) is 5.56 Å². The van der Waals surface area contributed by atoms with Crippen molar-refractivity contribution in [3.63, 3.8) is 0 Å². The average molecular weight is 427 g/mol. The molecule has 0 aliphatic rings. The number of anilines is 1. The number of H-pyrrole nitrogens is 1. The zero-order chi connectivity index (χ0) is 21.6. The summed E-state index contributed by atoms with van der Waals surface area (Å²) in [4.78, 5) is 38.8. The smallest absolute Gasteiger partial charge is 0.340 e. The first kappa shape index (κ1) is 22.5. The van der Waals surface area contributed by atoms with Crippen LogP contribution in [0.4, 0.5) is 18.9 Å². The van der Waals surface area contributed by atoms with Crippen LogP contribution < -0.4 is 16.2 Å². The maximum Gasteiger partial charge on any atom is 0.417 e. The van der Waals surface area contributed by atoms with Crippen LogP contribution in [0.15, 0.2) is 41.3 Å². The van der Waals surface area contributed by atoms with Gasteiger partial charge in [0, 0.05) is 11.8 Å². The molecule has 1 heterocycles. The van der Waals surface area contributed by atoms with Gasteiger partial charge in [0.25, 0.3) is 11.5 Å². The number of aryl methyl sites for hydroxylation is 1. The van der Waals surface area contributed by atoms with E-state index in [-0.39, 0.29) is 6.42 Å². The molecule has 2 rings (SSSR count). The van der Waals surface area contributed by atoms with E-state index in [4.69, 9.17) is 0 Å². The van der Waals surface area contributed by atoms with E-state index < -0.39 is 40.8 Å². The number of thioether (sulfide) groups is 1. The third-order valence-electron chi connectivity index (χ3n) is 4.00. The molecule has 0 bridgehead atoms. The fraction of sp³-hybridized carbons (Fsp3) is 0.316. The van der Waals surface area contributed by atoms with Crippen molar-refractivity contribution in [1.29, 1.82) is 0 Å². The maximum absolute atomic E-state index is 12.9. The van der Waals surface area contributed by atoms with Gasteiger partial charge in [-0.3, -0.25) is 14.4 Å². The molecule has 0 spiro atoms. The first-order valence-electron chi connectivity index (χ1n) is 8.59. The number of pyridine rings is 1. The van der Waals surface area contributed by atoms with Crippen molar-refractivity contribution in [2.45, 2.75) is 25.6 Å². The van der Waals surface area contributed by atoms with Crippen LogP contribution in [0.25, 0.3) is 0 Å². The average Bonchev–Trinajstić information content (AvgIpc) is 2.65. The molecule has 6 nitrogen and oxygen atoms in total. The summed E-state index contributed by atoms with van der Waals surface area (Å²) >= 11 is 1.44. The Morgan fingerprint density at radius 2 is 1.97 bits per heavy atom. The van der Waals surface area contributed by atoms with Crippen LogP contribution in [-0.2, 0) is 11.0 Å². The molecule has 156 valence electrons. The summed E-state index contributed by atoms with van der Waals surface area (Å²) in [5, 5.41) is 4.77. The van der Waals surface area contributed by atoms with E-state index in [1.54, 1.807) is 18.2 Å². The SMILES string of the molecule is CSCCC(NC(=O)c1cccc(C)c1)C(=O)Nc1cc(C(F)(F)F)c[nH]c1=O. The fourth-order valence-corrected chi connectivity index (χ4v) is 2.96. The number of alkyl halides is 3. The van der Waals surface area contributed by atoms with E-state index in [9.17, 15) is 27.6 Å². The van der Waals surface area contributed by atoms with Crippen molar-refractivity contribution in [3.8, 4) is 0 Å². The molecular weight excluding hydrogens is 407 g/mol. The highest BCUT2D eigenvalue weighted by atomic mass is 32.2. The van der Waals surface area contributed by atoms with Gasteiger partial charge >= 0.3 is 6.18 Å². The first-order valence-corrected chi connectivity index (χ1v) is 9.98. The van der Waals surface area contributed by atoms with E-state index >= 15 is 0 Å². The van der Waals surface area contributed by atoms with Gasteiger partial charge in [0.2, 0.25) is 5.91 Å². The lowest BCUT2D eigenvalue weighted by Crippen LogP contribution is -2.44. The van der Waals surface area contributed by atoms with Crippen molar-refractivity contribution in [2.24, 2.45) is 0 Å². The molecule has 0 saturated carbocycles. The number of benzene rings is 1. The Morgan fingerprint density at radius 3 is 2.59 bits per heavy atom. The number of nitrogens with one attached hydrogen (secondary N) is 3. The zero-order valence-electron chi connectivity index (χ0n) is 15.7. The number of aromatic amines is 1. The Bertz CT molecular complexity index is 944. The highest BCUT2D eigenvalue weighted by molar-refractivity contribution is 7.98. The Balaban J connectivity index is 2.21. The van der Waals surface area contributed by atoms with Gasteiger partial charge in [-0.15, -0.1) is 0 Å². The predicted octanol–water partition coefficient (Wildman–Crippen LogP) is 3.19. The van der Waals surface area contributed by atoms with E-state index in [1.165, 1.54) is 11.8 Å². The summed E-state index contributed by atoms with van der Waals surface area (Å²) in [7, 11) is 0. The predicted molar refractivity (Wildman–Crippen MR) is 106 cm³/mol.